The van der Waals surface area contributed by atoms with Gasteiger partial charge >= 0.3 is 12.5 Å². The Balaban J connectivity index is 1.35. The van der Waals surface area contributed by atoms with Crippen LogP contribution in [0.25, 0.3) is 16.7 Å². The summed E-state index contributed by atoms with van der Waals surface area (Å²) >= 11 is 0. The number of carbonyl (C=O) groups is 2. The van der Waals surface area contributed by atoms with Gasteiger partial charge in [-0.15, -0.1) is 5.10 Å². The number of fused-ring (bicyclic) bond motifs is 1. The number of pyridine rings is 1. The average molecular weight is 530 g/mol. The molecule has 2 amide bonds. The van der Waals surface area contributed by atoms with Crippen LogP contribution in [0.15, 0.2) is 58.1 Å². The topological polar surface area (TPSA) is 173 Å². The van der Waals surface area contributed by atoms with Crippen molar-refractivity contribution in [3.05, 3.63) is 59.1 Å². The summed E-state index contributed by atoms with van der Waals surface area (Å²) in [4.78, 5) is 39.2. The summed E-state index contributed by atoms with van der Waals surface area (Å²) in [6.45, 7) is -1.60. The van der Waals surface area contributed by atoms with E-state index in [1.54, 1.807) is 12.1 Å². The van der Waals surface area contributed by atoms with Crippen LogP contribution in [0.3, 0.4) is 0 Å². The summed E-state index contributed by atoms with van der Waals surface area (Å²) < 4.78 is 38.4. The van der Waals surface area contributed by atoms with E-state index < -0.39 is 35.6 Å². The van der Waals surface area contributed by atoms with Gasteiger partial charge in [0.15, 0.2) is 17.2 Å². The number of halogens is 2. The second kappa shape index (κ2) is 9.35. The van der Waals surface area contributed by atoms with Crippen molar-refractivity contribution in [3.63, 3.8) is 0 Å². The molecule has 2 atom stereocenters. The van der Waals surface area contributed by atoms with Gasteiger partial charge in [-0.1, -0.05) is 5.16 Å². The number of alkyl halides is 2. The summed E-state index contributed by atoms with van der Waals surface area (Å²) in [5, 5.41) is 19.6. The molecule has 1 aliphatic heterocycles. The Labute approximate surface area is 212 Å². The lowest BCUT2D eigenvalue weighted by molar-refractivity contribution is -0.170. The lowest BCUT2D eigenvalue weighted by Gasteiger charge is -2.38. The maximum Gasteiger partial charge on any atom is 0.321 e. The molecular formula is C23H22F2N7O6+. The third-order valence-electron chi connectivity index (χ3n) is 6.22. The fourth-order valence-corrected chi connectivity index (χ4v) is 4.09. The molecule has 1 aromatic carbocycles. The number of hydrogen-bond donors (Lipinski definition) is 2. The molecule has 0 saturated carbocycles. The van der Waals surface area contributed by atoms with Crippen molar-refractivity contribution in [1.82, 2.24) is 19.5 Å². The molecule has 0 spiro atoms. The number of benzene rings is 1. The van der Waals surface area contributed by atoms with Crippen molar-refractivity contribution >= 4 is 40.1 Å². The summed E-state index contributed by atoms with van der Waals surface area (Å²) in [7, 11) is 0. The summed E-state index contributed by atoms with van der Waals surface area (Å²) in [6.07, 6.45) is 0.719. The molecule has 0 aliphatic carbocycles. The minimum atomic E-state index is -3.03. The molecule has 4 heterocycles. The van der Waals surface area contributed by atoms with Gasteiger partial charge in [-0.05, 0) is 25.1 Å². The number of nitrogens with one attached hydrogen (secondary N) is 1. The highest BCUT2D eigenvalue weighted by molar-refractivity contribution is 6.06. The number of nitrogen functional groups attached to an aromatic ring is 1. The van der Waals surface area contributed by atoms with E-state index in [0.717, 1.165) is 12.3 Å². The smallest absolute Gasteiger partial charge is 0.321 e. The van der Waals surface area contributed by atoms with E-state index in [1.807, 2.05) is 0 Å². The lowest BCUT2D eigenvalue weighted by Crippen LogP contribution is -2.63. The van der Waals surface area contributed by atoms with Crippen LogP contribution in [0.2, 0.25) is 0 Å². The number of nitrogens with zero attached hydrogens (tertiary/aromatic N) is 5. The molecule has 1 fully saturated rings. The molecule has 1 saturated heterocycles. The molecular weight excluding hydrogens is 508 g/mol. The van der Waals surface area contributed by atoms with Gasteiger partial charge in [0.25, 0.3) is 17.6 Å². The third-order valence-corrected chi connectivity index (χ3v) is 6.22. The van der Waals surface area contributed by atoms with Crippen molar-refractivity contribution in [2.45, 2.75) is 25.2 Å². The van der Waals surface area contributed by atoms with Crippen LogP contribution in [-0.4, -0.2) is 61.3 Å². The minimum Gasteiger partial charge on any atom is -0.433 e. The van der Waals surface area contributed by atoms with E-state index in [4.69, 9.17) is 20.1 Å². The number of carbonyl (C=O) groups excluding carboxylic acids is 2. The van der Waals surface area contributed by atoms with Crippen LogP contribution in [-0.2, 0) is 14.3 Å². The Hall–Kier alpha value is -4.63. The maximum absolute atomic E-state index is 13.4. The first-order valence-corrected chi connectivity index (χ1v) is 11.3. The molecule has 4 aromatic rings. The number of amides is 2. The van der Waals surface area contributed by atoms with Gasteiger partial charge in [0.1, 0.15) is 0 Å². The first-order valence-electron chi connectivity index (χ1n) is 11.3. The van der Waals surface area contributed by atoms with Crippen molar-refractivity contribution in [1.29, 1.82) is 0 Å². The summed E-state index contributed by atoms with van der Waals surface area (Å²) in [5.74, 6) is -1.13. The average Bonchev–Trinajstić information content (AvgIpc) is 3.52. The second-order valence-electron chi connectivity index (χ2n) is 8.64. The predicted octanol–water partition coefficient (Wildman–Crippen LogP) is 1.01. The first kappa shape index (κ1) is 25.0. The van der Waals surface area contributed by atoms with Crippen molar-refractivity contribution in [2.75, 3.05) is 29.1 Å². The molecule has 38 heavy (non-hydrogen) atoms. The highest BCUT2D eigenvalue weighted by Crippen LogP contribution is 2.29. The van der Waals surface area contributed by atoms with Crippen LogP contribution in [0, 0.1) is 0 Å². The number of nitrogens with two attached hydrogens (primary N) is 1. The lowest BCUT2D eigenvalue weighted by atomic mass is 9.94. The first-order chi connectivity index (χ1) is 18.1. The Morgan fingerprint density at radius 1 is 1.24 bits per heavy atom. The number of anilines is 3. The molecule has 5 N–H and O–H groups in total. The Bertz CT molecular complexity index is 1600. The van der Waals surface area contributed by atoms with E-state index in [0.29, 0.717) is 16.7 Å². The fraction of sp³-hybridized carbons (Fsp3) is 0.261. The monoisotopic (exact) mass is 530 g/mol. The fourth-order valence-electron chi connectivity index (χ4n) is 4.09. The van der Waals surface area contributed by atoms with E-state index in [2.05, 4.69) is 15.6 Å². The van der Waals surface area contributed by atoms with Crippen molar-refractivity contribution < 1.29 is 32.7 Å². The Morgan fingerprint density at radius 3 is 2.79 bits per heavy atom. The van der Waals surface area contributed by atoms with Crippen molar-refractivity contribution in [2.24, 2.45) is 0 Å². The number of morpholine rings is 1. The van der Waals surface area contributed by atoms with E-state index >= 15 is 0 Å². The Kier molecular flexibility index (Phi) is 6.16. The SMILES string of the molecule is C[C@]1([C@@H]([OH2+])C(=O)Nc2ccc3c(N)noc3c2)OCCN(c2ccn(-c3ccc(=O)n(C(F)F)c3)n2)C1=O. The van der Waals surface area contributed by atoms with E-state index in [-0.39, 0.29) is 35.0 Å². The highest BCUT2D eigenvalue weighted by Gasteiger charge is 2.54. The van der Waals surface area contributed by atoms with Gasteiger partial charge in [-0.2, -0.15) is 8.78 Å². The van der Waals surface area contributed by atoms with Gasteiger partial charge in [-0.3, -0.25) is 23.9 Å². The third kappa shape index (κ3) is 4.26. The molecule has 0 bridgehead atoms. The normalized spacial score (nSPS) is 18.8. The molecule has 15 heteroatoms. The van der Waals surface area contributed by atoms with Gasteiger partial charge in [0, 0.05) is 36.3 Å². The Morgan fingerprint density at radius 2 is 2.03 bits per heavy atom. The number of ether oxygens (including phenoxy) is 1. The van der Waals surface area contributed by atoms with E-state index in [9.17, 15) is 23.2 Å². The van der Waals surface area contributed by atoms with Crippen LogP contribution >= 0.6 is 0 Å². The van der Waals surface area contributed by atoms with Gasteiger partial charge < -0.3 is 25.4 Å². The molecule has 0 radical (unpaired) electrons. The summed E-state index contributed by atoms with van der Waals surface area (Å²) in [6, 6.07) is 8.42. The maximum atomic E-state index is 13.4. The van der Waals surface area contributed by atoms with Crippen LogP contribution in [0.1, 0.15) is 13.5 Å². The van der Waals surface area contributed by atoms with Crippen LogP contribution in [0.4, 0.5) is 26.1 Å². The molecule has 0 unspecified atom stereocenters. The largest absolute Gasteiger partial charge is 0.433 e. The molecule has 1 aliphatic rings. The van der Waals surface area contributed by atoms with Crippen LogP contribution in [0.5, 0.6) is 0 Å². The number of rotatable bonds is 6. The standard InChI is InChI=1S/C23H21F2N7O6/c1-23(18(34)20(35)27-12-2-4-14-15(10-12)38-29-19(14)26)21(36)30(8-9-37-23)16-6-7-32(28-16)13-3-5-17(33)31(11-13)22(24)25/h2-7,10-11,18,22,34H,8-9H2,1H3,(H2,26,29)(H,27,35)/p+1/t18-,23+/m0/s1. The van der Waals surface area contributed by atoms with Crippen LogP contribution < -0.4 is 21.5 Å². The molecule has 5 rings (SSSR count). The van der Waals surface area contributed by atoms with Gasteiger partial charge in [0.2, 0.25) is 5.60 Å². The zero-order valence-corrected chi connectivity index (χ0v) is 19.8. The number of hydrogen-bond acceptors (Lipinski definition) is 8. The summed E-state index contributed by atoms with van der Waals surface area (Å²) in [5.41, 5.74) is 3.78. The highest BCUT2D eigenvalue weighted by atomic mass is 19.3. The van der Waals surface area contributed by atoms with Gasteiger partial charge in [-0.25, -0.2) is 4.68 Å². The molecule has 3 aromatic heterocycles. The molecule has 13 nitrogen and oxygen atoms in total. The second-order valence-corrected chi connectivity index (χ2v) is 8.64. The minimum absolute atomic E-state index is 0.0112. The van der Waals surface area contributed by atoms with Gasteiger partial charge in [0.05, 0.1) is 24.2 Å². The molecule has 198 valence electrons. The van der Waals surface area contributed by atoms with E-state index in [1.165, 1.54) is 40.9 Å². The predicted molar refractivity (Wildman–Crippen MR) is 130 cm³/mol. The zero-order chi connectivity index (χ0) is 27.2. The number of aromatic nitrogens is 4. The van der Waals surface area contributed by atoms with Crippen molar-refractivity contribution in [3.8, 4) is 5.69 Å². The zero-order valence-electron chi connectivity index (χ0n) is 19.8. The quantitative estimate of drug-likeness (QED) is 0.347.